The third-order valence-electron chi connectivity index (χ3n) is 6.34. The average Bonchev–Trinajstić information content (AvgIpc) is 3.23. The lowest BCUT2D eigenvalue weighted by atomic mass is 9.97. The molecule has 0 radical (unpaired) electrons. The van der Waals surface area contributed by atoms with Gasteiger partial charge in [-0.1, -0.05) is 6.07 Å². The first-order valence-corrected chi connectivity index (χ1v) is 12.4. The van der Waals surface area contributed by atoms with Gasteiger partial charge >= 0.3 is 0 Å². The molecule has 2 aromatic carbocycles. The second kappa shape index (κ2) is 9.50. The van der Waals surface area contributed by atoms with E-state index in [0.29, 0.717) is 28.1 Å². The number of H-pyrrole nitrogens is 1. The highest BCUT2D eigenvalue weighted by molar-refractivity contribution is 7.18. The summed E-state index contributed by atoms with van der Waals surface area (Å²) in [4.78, 5) is 33.4. The van der Waals surface area contributed by atoms with Crippen LogP contribution in [-0.2, 0) is 12.8 Å². The Kier molecular flexibility index (Phi) is 6.25. The minimum Gasteiger partial charge on any atom is -0.490 e. The van der Waals surface area contributed by atoms with Crippen molar-refractivity contribution < 1.29 is 14.4 Å². The molecular formula is C26H25N3O5S. The van der Waals surface area contributed by atoms with Crippen LogP contribution in [-0.4, -0.2) is 28.1 Å². The fourth-order valence-electron chi connectivity index (χ4n) is 4.35. The second-order valence-corrected chi connectivity index (χ2v) is 9.77. The molecule has 0 bridgehead atoms. The lowest BCUT2D eigenvalue weighted by molar-refractivity contribution is -0.384. The number of thiophene rings is 1. The number of aromatic nitrogens is 2. The topological polar surface area (TPSA) is 107 Å². The van der Waals surface area contributed by atoms with Crippen molar-refractivity contribution in [2.75, 3.05) is 13.2 Å². The standard InChI is InChI=1S/C26H25N3O5S/c1-15-7-9-18(13-16(15)2)33-11-12-34-21-10-8-17(29(31)32)14-20(21)24-27-25(30)23-19-5-3-4-6-22(19)35-26(23)28-24/h7-10,13-14H,3-6,11-12H2,1-2H3,(H,27,28,30). The highest BCUT2D eigenvalue weighted by atomic mass is 32.1. The number of fused-ring (bicyclic) bond motifs is 3. The molecule has 2 heterocycles. The Labute approximate surface area is 205 Å². The van der Waals surface area contributed by atoms with Crippen molar-refractivity contribution >= 4 is 27.2 Å². The molecule has 8 nitrogen and oxygen atoms in total. The third-order valence-corrected chi connectivity index (χ3v) is 7.53. The Morgan fingerprint density at radius 2 is 1.86 bits per heavy atom. The van der Waals surface area contributed by atoms with E-state index >= 15 is 0 Å². The van der Waals surface area contributed by atoms with E-state index in [2.05, 4.69) is 4.98 Å². The van der Waals surface area contributed by atoms with Gasteiger partial charge in [0.05, 0.1) is 15.9 Å². The van der Waals surface area contributed by atoms with Gasteiger partial charge in [-0.25, -0.2) is 4.98 Å². The van der Waals surface area contributed by atoms with Gasteiger partial charge < -0.3 is 14.5 Å². The Hall–Kier alpha value is -3.72. The predicted octanol–water partition coefficient (Wildman–Crippen LogP) is 5.51. The summed E-state index contributed by atoms with van der Waals surface area (Å²) in [6.07, 6.45) is 4.01. The number of benzene rings is 2. The van der Waals surface area contributed by atoms with Crippen LogP contribution < -0.4 is 15.0 Å². The van der Waals surface area contributed by atoms with Gasteiger partial charge in [0.15, 0.2) is 0 Å². The molecule has 1 aliphatic carbocycles. The van der Waals surface area contributed by atoms with Crippen molar-refractivity contribution in [3.05, 3.63) is 78.4 Å². The normalized spacial score (nSPS) is 13.0. The molecule has 180 valence electrons. The number of aryl methyl sites for hydroxylation is 4. The van der Waals surface area contributed by atoms with Crippen molar-refractivity contribution in [3.8, 4) is 22.9 Å². The SMILES string of the molecule is Cc1ccc(OCCOc2ccc([N+](=O)[O-])cc2-c2nc3sc4c(c3c(=O)[nH]2)CCCC4)cc1C. The minimum absolute atomic E-state index is 0.105. The lowest BCUT2D eigenvalue weighted by Gasteiger charge is -2.13. The van der Waals surface area contributed by atoms with Gasteiger partial charge in [-0.15, -0.1) is 11.3 Å². The van der Waals surface area contributed by atoms with Crippen LogP contribution >= 0.6 is 11.3 Å². The lowest BCUT2D eigenvalue weighted by Crippen LogP contribution is -2.13. The van der Waals surface area contributed by atoms with Gasteiger partial charge in [-0.3, -0.25) is 14.9 Å². The van der Waals surface area contributed by atoms with Crippen molar-refractivity contribution in [2.24, 2.45) is 0 Å². The maximum atomic E-state index is 13.0. The molecule has 0 amide bonds. The van der Waals surface area contributed by atoms with E-state index in [9.17, 15) is 14.9 Å². The summed E-state index contributed by atoms with van der Waals surface area (Å²) >= 11 is 1.53. The molecule has 5 rings (SSSR count). The first kappa shape index (κ1) is 23.0. The number of hydrogen-bond donors (Lipinski definition) is 1. The largest absolute Gasteiger partial charge is 0.490 e. The Balaban J connectivity index is 1.43. The number of rotatable bonds is 7. The summed E-state index contributed by atoms with van der Waals surface area (Å²) in [5.74, 6) is 1.40. The van der Waals surface area contributed by atoms with E-state index in [1.807, 2.05) is 32.0 Å². The predicted molar refractivity (Wildman–Crippen MR) is 136 cm³/mol. The van der Waals surface area contributed by atoms with Crippen LogP contribution in [0.2, 0.25) is 0 Å². The first-order chi connectivity index (χ1) is 16.9. The maximum absolute atomic E-state index is 13.0. The number of nitrogens with zero attached hydrogens (tertiary/aromatic N) is 2. The molecule has 1 N–H and O–H groups in total. The number of ether oxygens (including phenoxy) is 2. The van der Waals surface area contributed by atoms with Crippen molar-refractivity contribution in [3.63, 3.8) is 0 Å². The number of nitro benzene ring substituents is 1. The monoisotopic (exact) mass is 491 g/mol. The van der Waals surface area contributed by atoms with Crippen LogP contribution in [0.3, 0.4) is 0 Å². The van der Waals surface area contributed by atoms with Crippen LogP contribution in [0.25, 0.3) is 21.6 Å². The van der Waals surface area contributed by atoms with Crippen LogP contribution in [0.1, 0.15) is 34.4 Å². The molecule has 2 aromatic heterocycles. The number of nitrogens with one attached hydrogen (secondary N) is 1. The van der Waals surface area contributed by atoms with Crippen molar-refractivity contribution in [2.45, 2.75) is 39.5 Å². The number of non-ortho nitro benzene ring substituents is 1. The van der Waals surface area contributed by atoms with E-state index < -0.39 is 4.92 Å². The molecular weight excluding hydrogens is 466 g/mol. The maximum Gasteiger partial charge on any atom is 0.270 e. The fourth-order valence-corrected chi connectivity index (χ4v) is 5.61. The molecule has 0 atom stereocenters. The zero-order valence-corrected chi connectivity index (χ0v) is 20.4. The summed E-state index contributed by atoms with van der Waals surface area (Å²) in [6, 6.07) is 10.2. The van der Waals surface area contributed by atoms with Crippen LogP contribution in [0.4, 0.5) is 5.69 Å². The molecule has 0 unspecified atom stereocenters. The molecule has 0 fully saturated rings. The average molecular weight is 492 g/mol. The van der Waals surface area contributed by atoms with Gasteiger partial charge in [0, 0.05) is 17.0 Å². The van der Waals surface area contributed by atoms with Gasteiger partial charge in [0.25, 0.3) is 11.2 Å². The summed E-state index contributed by atoms with van der Waals surface area (Å²) in [5, 5.41) is 12.1. The van der Waals surface area contributed by atoms with E-state index in [4.69, 9.17) is 14.5 Å². The van der Waals surface area contributed by atoms with Gasteiger partial charge in [0.1, 0.15) is 35.4 Å². The Morgan fingerprint density at radius 1 is 1.06 bits per heavy atom. The van der Waals surface area contributed by atoms with E-state index in [1.165, 1.54) is 40.0 Å². The van der Waals surface area contributed by atoms with Crippen LogP contribution in [0.5, 0.6) is 11.5 Å². The molecule has 0 saturated carbocycles. The highest BCUT2D eigenvalue weighted by Gasteiger charge is 2.22. The zero-order chi connectivity index (χ0) is 24.5. The van der Waals surface area contributed by atoms with E-state index in [1.54, 1.807) is 0 Å². The first-order valence-electron chi connectivity index (χ1n) is 11.6. The molecule has 9 heteroatoms. The smallest absolute Gasteiger partial charge is 0.270 e. The highest BCUT2D eigenvalue weighted by Crippen LogP contribution is 2.36. The Bertz CT molecular complexity index is 1490. The molecule has 0 saturated heterocycles. The van der Waals surface area contributed by atoms with Gasteiger partial charge in [-0.2, -0.15) is 0 Å². The third kappa shape index (κ3) is 4.64. The van der Waals surface area contributed by atoms with Gasteiger partial charge in [0.2, 0.25) is 0 Å². The second-order valence-electron chi connectivity index (χ2n) is 8.69. The number of nitro groups is 1. The van der Waals surface area contributed by atoms with Crippen LogP contribution in [0.15, 0.2) is 41.2 Å². The molecule has 0 spiro atoms. The van der Waals surface area contributed by atoms with Gasteiger partial charge in [-0.05, 0) is 74.4 Å². The summed E-state index contributed by atoms with van der Waals surface area (Å²) in [5.41, 5.74) is 3.47. The molecule has 1 aliphatic rings. The molecule has 0 aliphatic heterocycles. The summed E-state index contributed by atoms with van der Waals surface area (Å²) < 4.78 is 11.7. The quantitative estimate of drug-likeness (QED) is 0.207. The van der Waals surface area contributed by atoms with Crippen LogP contribution in [0, 0.1) is 24.0 Å². The van der Waals surface area contributed by atoms with E-state index in [0.717, 1.165) is 42.6 Å². The number of aromatic amines is 1. The van der Waals surface area contributed by atoms with Crippen molar-refractivity contribution in [1.29, 1.82) is 0 Å². The van der Waals surface area contributed by atoms with Crippen molar-refractivity contribution in [1.82, 2.24) is 9.97 Å². The number of hydrogen-bond acceptors (Lipinski definition) is 7. The molecule has 35 heavy (non-hydrogen) atoms. The summed E-state index contributed by atoms with van der Waals surface area (Å²) in [7, 11) is 0. The zero-order valence-electron chi connectivity index (χ0n) is 19.6. The summed E-state index contributed by atoms with van der Waals surface area (Å²) in [6.45, 7) is 4.58. The van der Waals surface area contributed by atoms with E-state index in [-0.39, 0.29) is 23.7 Å². The Morgan fingerprint density at radius 3 is 2.66 bits per heavy atom. The molecule has 4 aromatic rings. The fraction of sp³-hybridized carbons (Fsp3) is 0.308. The minimum atomic E-state index is -0.476.